The van der Waals surface area contributed by atoms with Gasteiger partial charge >= 0.3 is 0 Å². The maximum absolute atomic E-state index is 12.6. The number of likely N-dealkylation sites (N-methyl/N-ethyl adjacent to an activating group) is 1. The summed E-state index contributed by atoms with van der Waals surface area (Å²) in [5, 5.41) is 6.71. The Morgan fingerprint density at radius 2 is 2.12 bits per heavy atom. The van der Waals surface area contributed by atoms with Gasteiger partial charge in [-0.1, -0.05) is 17.5 Å². The van der Waals surface area contributed by atoms with Crippen molar-refractivity contribution >= 4 is 29.0 Å². The molecule has 0 bridgehead atoms. The Morgan fingerprint density at radius 3 is 2.79 bits per heavy atom. The molecule has 1 heterocycles. The lowest BCUT2D eigenvalue weighted by molar-refractivity contribution is -0.116. The lowest BCUT2D eigenvalue weighted by atomic mass is 10.2. The number of hydrogen-bond acceptors (Lipinski definition) is 6. The fourth-order valence-corrected chi connectivity index (χ4v) is 2.87. The van der Waals surface area contributed by atoms with Gasteiger partial charge in [-0.2, -0.15) is 0 Å². The van der Waals surface area contributed by atoms with Crippen LogP contribution in [0, 0.1) is 0 Å². The van der Waals surface area contributed by atoms with E-state index in [-0.39, 0.29) is 18.4 Å². The normalized spacial score (nSPS) is 10.3. The quantitative estimate of drug-likeness (QED) is 0.829. The molecular formula is C16H20N4O3S. The fraction of sp³-hybridized carbons (Fsp3) is 0.375. The van der Waals surface area contributed by atoms with E-state index in [1.165, 1.54) is 4.90 Å². The Morgan fingerprint density at radius 1 is 1.33 bits per heavy atom. The van der Waals surface area contributed by atoms with Crippen molar-refractivity contribution in [1.82, 2.24) is 14.5 Å². The van der Waals surface area contributed by atoms with E-state index in [9.17, 15) is 9.59 Å². The van der Waals surface area contributed by atoms with Crippen molar-refractivity contribution in [3.8, 4) is 5.75 Å². The molecule has 0 aliphatic rings. The molecule has 2 amide bonds. The Balaban J connectivity index is 2.03. The van der Waals surface area contributed by atoms with E-state index in [0.717, 1.165) is 11.5 Å². The molecule has 0 fully saturated rings. The van der Waals surface area contributed by atoms with Crippen molar-refractivity contribution in [2.24, 2.45) is 0 Å². The third-order valence-electron chi connectivity index (χ3n) is 3.44. The molecule has 0 spiro atoms. The summed E-state index contributed by atoms with van der Waals surface area (Å²) in [4.78, 5) is 26.8. The smallest absolute Gasteiger partial charge is 0.267 e. The number of aromatic nitrogens is 2. The van der Waals surface area contributed by atoms with Gasteiger partial charge in [-0.25, -0.2) is 0 Å². The molecule has 7 nitrogen and oxygen atoms in total. The number of nitrogens with one attached hydrogen (secondary N) is 1. The number of anilines is 1. The Hall–Kier alpha value is -2.48. The van der Waals surface area contributed by atoms with Crippen molar-refractivity contribution in [2.75, 3.05) is 25.5 Å². The summed E-state index contributed by atoms with van der Waals surface area (Å²) in [7, 11) is 1.56. The molecule has 0 radical (unpaired) electrons. The van der Waals surface area contributed by atoms with Gasteiger partial charge in [0.05, 0.1) is 12.8 Å². The van der Waals surface area contributed by atoms with Gasteiger partial charge < -0.3 is 15.0 Å². The van der Waals surface area contributed by atoms with E-state index in [1.807, 2.05) is 13.8 Å². The molecule has 0 unspecified atom stereocenters. The summed E-state index contributed by atoms with van der Waals surface area (Å²) in [6.07, 6.45) is 0.630. The topological polar surface area (TPSA) is 84.4 Å². The molecule has 0 saturated carbocycles. The van der Waals surface area contributed by atoms with Crippen LogP contribution in [0.2, 0.25) is 0 Å². The summed E-state index contributed by atoms with van der Waals surface area (Å²) in [6, 6.07) is 7.06. The number of benzene rings is 1. The first-order chi connectivity index (χ1) is 11.6. The van der Waals surface area contributed by atoms with Crippen LogP contribution >= 0.6 is 11.5 Å². The number of ether oxygens (including phenoxy) is 1. The number of hydrogen-bond donors (Lipinski definition) is 1. The molecular weight excluding hydrogens is 328 g/mol. The second kappa shape index (κ2) is 8.39. The highest BCUT2D eigenvalue weighted by Gasteiger charge is 2.22. The minimum absolute atomic E-state index is 0.0341. The van der Waals surface area contributed by atoms with Gasteiger partial charge in [0.15, 0.2) is 0 Å². The molecule has 0 saturated heterocycles. The third-order valence-corrected chi connectivity index (χ3v) is 4.20. The number of aryl methyl sites for hydroxylation is 1. The first kappa shape index (κ1) is 17.9. The van der Waals surface area contributed by atoms with E-state index in [1.54, 1.807) is 31.4 Å². The van der Waals surface area contributed by atoms with Gasteiger partial charge in [0.25, 0.3) is 5.91 Å². The SMILES string of the molecule is CCc1nnsc1C(=O)N(CC)CC(=O)Nc1cccc(OC)c1. The first-order valence-corrected chi connectivity index (χ1v) is 8.40. The zero-order chi connectivity index (χ0) is 17.5. The molecule has 1 aromatic carbocycles. The highest BCUT2D eigenvalue weighted by molar-refractivity contribution is 7.08. The highest BCUT2D eigenvalue weighted by Crippen LogP contribution is 2.17. The zero-order valence-electron chi connectivity index (χ0n) is 13.9. The van der Waals surface area contributed by atoms with Crippen molar-refractivity contribution in [1.29, 1.82) is 0 Å². The predicted molar refractivity (Wildman–Crippen MR) is 92.5 cm³/mol. The second-order valence-electron chi connectivity index (χ2n) is 5.00. The van der Waals surface area contributed by atoms with Crippen molar-refractivity contribution in [2.45, 2.75) is 20.3 Å². The molecule has 2 rings (SSSR count). The lowest BCUT2D eigenvalue weighted by Gasteiger charge is -2.19. The number of carbonyl (C=O) groups excluding carboxylic acids is 2. The largest absolute Gasteiger partial charge is 0.497 e. The number of amides is 2. The number of methoxy groups -OCH3 is 1. The standard InChI is InChI=1S/C16H20N4O3S/c1-4-13-15(24-19-18-13)16(22)20(5-2)10-14(21)17-11-7-6-8-12(9-11)23-3/h6-9H,4-5,10H2,1-3H3,(H,17,21). The number of nitrogens with zero attached hydrogens (tertiary/aromatic N) is 3. The summed E-state index contributed by atoms with van der Waals surface area (Å²) < 4.78 is 8.95. The minimum Gasteiger partial charge on any atom is -0.497 e. The molecule has 8 heteroatoms. The van der Waals surface area contributed by atoms with Crippen LogP contribution in [0.25, 0.3) is 0 Å². The maximum atomic E-state index is 12.6. The Bertz CT molecular complexity index is 717. The monoisotopic (exact) mass is 348 g/mol. The van der Waals surface area contributed by atoms with Gasteiger partial charge in [-0.3, -0.25) is 9.59 Å². The molecule has 1 aromatic heterocycles. The van der Waals surface area contributed by atoms with Crippen molar-refractivity contribution in [3.63, 3.8) is 0 Å². The average Bonchev–Trinajstić information content (AvgIpc) is 3.07. The second-order valence-corrected chi connectivity index (χ2v) is 5.76. The predicted octanol–water partition coefficient (Wildman–Crippen LogP) is 2.21. The van der Waals surface area contributed by atoms with Gasteiger partial charge in [0.2, 0.25) is 5.91 Å². The molecule has 0 aliphatic heterocycles. The van der Waals surface area contributed by atoms with Crippen molar-refractivity contribution in [3.05, 3.63) is 34.8 Å². The third kappa shape index (κ3) is 4.29. The van der Waals surface area contributed by atoms with E-state index < -0.39 is 0 Å². The summed E-state index contributed by atoms with van der Waals surface area (Å²) >= 11 is 1.06. The van der Waals surface area contributed by atoms with Gasteiger partial charge in [-0.15, -0.1) is 5.10 Å². The highest BCUT2D eigenvalue weighted by atomic mass is 32.1. The van der Waals surface area contributed by atoms with Crippen LogP contribution in [0.4, 0.5) is 5.69 Å². The van der Waals surface area contributed by atoms with Gasteiger partial charge in [-0.05, 0) is 37.0 Å². The molecule has 1 N–H and O–H groups in total. The van der Waals surface area contributed by atoms with Gasteiger partial charge in [0, 0.05) is 18.3 Å². The van der Waals surface area contributed by atoms with Crippen LogP contribution in [0.5, 0.6) is 5.75 Å². The summed E-state index contributed by atoms with van der Waals surface area (Å²) in [5.41, 5.74) is 1.29. The summed E-state index contributed by atoms with van der Waals surface area (Å²) in [6.45, 7) is 4.13. The van der Waals surface area contributed by atoms with Crippen LogP contribution in [-0.2, 0) is 11.2 Å². The zero-order valence-corrected chi connectivity index (χ0v) is 14.7. The number of carbonyl (C=O) groups is 2. The average molecular weight is 348 g/mol. The molecule has 0 atom stereocenters. The first-order valence-electron chi connectivity index (χ1n) is 7.63. The van der Waals surface area contributed by atoms with E-state index in [4.69, 9.17) is 4.74 Å². The van der Waals surface area contributed by atoms with E-state index in [2.05, 4.69) is 14.9 Å². The van der Waals surface area contributed by atoms with Crippen LogP contribution < -0.4 is 10.1 Å². The molecule has 128 valence electrons. The van der Waals surface area contributed by atoms with Crippen LogP contribution in [0.1, 0.15) is 29.2 Å². The summed E-state index contributed by atoms with van der Waals surface area (Å²) in [5.74, 6) is 0.165. The van der Waals surface area contributed by atoms with Crippen molar-refractivity contribution < 1.29 is 14.3 Å². The fourth-order valence-electron chi connectivity index (χ4n) is 2.15. The molecule has 2 aromatic rings. The Kier molecular flexibility index (Phi) is 6.25. The van der Waals surface area contributed by atoms with E-state index in [0.29, 0.717) is 35.0 Å². The minimum atomic E-state index is -0.269. The maximum Gasteiger partial charge on any atom is 0.267 e. The molecule has 0 aliphatic carbocycles. The number of rotatable bonds is 7. The molecule has 24 heavy (non-hydrogen) atoms. The van der Waals surface area contributed by atoms with Crippen LogP contribution in [0.3, 0.4) is 0 Å². The van der Waals surface area contributed by atoms with Crippen LogP contribution in [0.15, 0.2) is 24.3 Å². The van der Waals surface area contributed by atoms with Gasteiger partial charge in [0.1, 0.15) is 17.2 Å². The van der Waals surface area contributed by atoms with Crippen LogP contribution in [-0.4, -0.2) is 46.5 Å². The Labute approximate surface area is 144 Å². The van der Waals surface area contributed by atoms with E-state index >= 15 is 0 Å². The lowest BCUT2D eigenvalue weighted by Crippen LogP contribution is -2.37.